The molecular formula is C21H34Br2NO3+. The van der Waals surface area contributed by atoms with Gasteiger partial charge in [0.1, 0.15) is 32.3 Å². The molecule has 6 heteroatoms. The van der Waals surface area contributed by atoms with Crippen LogP contribution >= 0.6 is 31.9 Å². The molecule has 27 heavy (non-hydrogen) atoms. The summed E-state index contributed by atoms with van der Waals surface area (Å²) in [4.78, 5) is 0. The van der Waals surface area contributed by atoms with Crippen LogP contribution in [0.2, 0.25) is 0 Å². The van der Waals surface area contributed by atoms with Crippen LogP contribution in [0.25, 0.3) is 0 Å². The average molecular weight is 508 g/mol. The summed E-state index contributed by atoms with van der Waals surface area (Å²) >= 11 is 7.28. The summed E-state index contributed by atoms with van der Waals surface area (Å²) in [6.45, 7) is 14.2. The molecule has 0 radical (unpaired) electrons. The lowest BCUT2D eigenvalue weighted by molar-refractivity contribution is -0.954. The van der Waals surface area contributed by atoms with Crippen LogP contribution in [-0.4, -0.2) is 49.8 Å². The number of hydrogen-bond donors (Lipinski definition) is 0. The SMILES string of the molecule is CCOC(C)C[N+]1(CC(OCC)OCC)Cc2cc(CBr)c(CBr)cc2C1. The Morgan fingerprint density at radius 2 is 1.33 bits per heavy atom. The second kappa shape index (κ2) is 11.3. The number of benzene rings is 1. The third-order valence-corrected chi connectivity index (χ3v) is 6.37. The molecule has 1 heterocycles. The third kappa shape index (κ3) is 6.25. The smallest absolute Gasteiger partial charge is 0.207 e. The number of nitrogens with zero attached hydrogens (tertiary/aromatic N) is 1. The molecule has 0 aliphatic carbocycles. The van der Waals surface area contributed by atoms with Gasteiger partial charge in [-0.1, -0.05) is 31.9 Å². The van der Waals surface area contributed by atoms with Crippen LogP contribution in [0.5, 0.6) is 0 Å². The van der Waals surface area contributed by atoms with E-state index in [2.05, 4.69) is 57.8 Å². The van der Waals surface area contributed by atoms with Gasteiger partial charge in [-0.25, -0.2) is 0 Å². The fraction of sp³-hybridized carbons (Fsp3) is 0.714. The van der Waals surface area contributed by atoms with Crippen LogP contribution in [-0.2, 0) is 38.0 Å². The van der Waals surface area contributed by atoms with E-state index in [1.807, 2.05) is 13.8 Å². The van der Waals surface area contributed by atoms with E-state index in [1.54, 1.807) is 0 Å². The monoisotopic (exact) mass is 506 g/mol. The molecule has 4 nitrogen and oxygen atoms in total. The topological polar surface area (TPSA) is 27.7 Å². The molecule has 154 valence electrons. The van der Waals surface area contributed by atoms with Crippen molar-refractivity contribution in [2.75, 3.05) is 32.9 Å². The van der Waals surface area contributed by atoms with Crippen LogP contribution in [0.4, 0.5) is 0 Å². The Kier molecular flexibility index (Phi) is 9.72. The number of quaternary nitrogens is 1. The molecule has 0 aromatic heterocycles. The number of halogens is 2. The molecule has 1 atom stereocenters. The van der Waals surface area contributed by atoms with E-state index in [-0.39, 0.29) is 12.4 Å². The second-order valence-corrected chi connectivity index (χ2v) is 8.41. The predicted octanol–water partition coefficient (Wildman–Crippen LogP) is 5.13. The van der Waals surface area contributed by atoms with Gasteiger partial charge in [-0.2, -0.15) is 0 Å². The van der Waals surface area contributed by atoms with E-state index < -0.39 is 0 Å². The van der Waals surface area contributed by atoms with Gasteiger partial charge in [0.25, 0.3) is 0 Å². The van der Waals surface area contributed by atoms with Crippen LogP contribution in [0.1, 0.15) is 49.9 Å². The molecule has 0 spiro atoms. The largest absolute Gasteiger partial charge is 0.373 e. The first-order chi connectivity index (χ1) is 13.0. The van der Waals surface area contributed by atoms with Crippen molar-refractivity contribution >= 4 is 31.9 Å². The standard InChI is InChI=1S/C21H34Br2NO3/c1-5-25-16(4)12-24(15-21(26-6-2)27-7-3)13-19-8-17(10-22)18(11-23)9-20(19)14-24/h8-9,16,21H,5-7,10-15H2,1-4H3/q+1. The molecule has 0 saturated heterocycles. The molecule has 0 fully saturated rings. The molecule has 0 N–H and O–H groups in total. The number of ether oxygens (including phenoxy) is 3. The van der Waals surface area contributed by atoms with E-state index in [0.29, 0.717) is 13.2 Å². The van der Waals surface area contributed by atoms with Crippen LogP contribution in [0, 0.1) is 0 Å². The molecule has 1 aliphatic rings. The van der Waals surface area contributed by atoms with Gasteiger partial charge >= 0.3 is 0 Å². The van der Waals surface area contributed by atoms with Crippen molar-refractivity contribution in [1.82, 2.24) is 0 Å². The first kappa shape index (κ1) is 23.3. The van der Waals surface area contributed by atoms with Gasteiger partial charge in [-0.15, -0.1) is 0 Å². The minimum absolute atomic E-state index is 0.172. The minimum atomic E-state index is -0.172. The summed E-state index contributed by atoms with van der Waals surface area (Å²) in [6.07, 6.45) is 0.0361. The highest BCUT2D eigenvalue weighted by Gasteiger charge is 2.40. The molecule has 0 saturated carbocycles. The maximum absolute atomic E-state index is 5.91. The Balaban J connectivity index is 2.30. The van der Waals surface area contributed by atoms with Gasteiger partial charge in [0, 0.05) is 41.6 Å². The summed E-state index contributed by atoms with van der Waals surface area (Å²) in [6, 6.07) is 4.75. The third-order valence-electron chi connectivity index (χ3n) is 5.16. The Labute approximate surface area is 181 Å². The zero-order chi connectivity index (χ0) is 19.9. The molecular weight excluding hydrogens is 474 g/mol. The summed E-state index contributed by atoms with van der Waals surface area (Å²) in [7, 11) is 0. The number of fused-ring (bicyclic) bond motifs is 1. The fourth-order valence-electron chi connectivity index (χ4n) is 4.17. The van der Waals surface area contributed by atoms with Crippen molar-refractivity contribution in [2.45, 2.75) is 63.8 Å². The maximum Gasteiger partial charge on any atom is 0.207 e. The summed E-state index contributed by atoms with van der Waals surface area (Å²) in [5, 5.41) is 1.77. The van der Waals surface area contributed by atoms with Crippen LogP contribution < -0.4 is 0 Å². The molecule has 1 aromatic rings. The van der Waals surface area contributed by atoms with Gasteiger partial charge in [-0.3, -0.25) is 0 Å². The van der Waals surface area contributed by atoms with Crippen molar-refractivity contribution in [1.29, 1.82) is 0 Å². The van der Waals surface area contributed by atoms with E-state index >= 15 is 0 Å². The summed E-state index contributed by atoms with van der Waals surface area (Å²) in [5.41, 5.74) is 5.64. The van der Waals surface area contributed by atoms with E-state index in [4.69, 9.17) is 14.2 Å². The Bertz CT molecular complexity index is 558. The predicted molar refractivity (Wildman–Crippen MR) is 117 cm³/mol. The lowest BCUT2D eigenvalue weighted by atomic mass is 10.0. The Hall–Kier alpha value is 0.0200. The lowest BCUT2D eigenvalue weighted by Gasteiger charge is -2.38. The zero-order valence-electron chi connectivity index (χ0n) is 17.1. The molecule has 0 bridgehead atoms. The highest BCUT2D eigenvalue weighted by atomic mass is 79.9. The fourth-order valence-corrected chi connectivity index (χ4v) is 5.21. The average Bonchev–Trinajstić information content (AvgIpc) is 2.97. The first-order valence-corrected chi connectivity index (χ1v) is 12.2. The van der Waals surface area contributed by atoms with E-state index in [1.165, 1.54) is 22.3 Å². The summed E-state index contributed by atoms with van der Waals surface area (Å²) < 4.78 is 18.6. The molecule has 2 rings (SSSR count). The Morgan fingerprint density at radius 1 is 0.852 bits per heavy atom. The highest BCUT2D eigenvalue weighted by Crippen LogP contribution is 2.35. The highest BCUT2D eigenvalue weighted by molar-refractivity contribution is 9.09. The first-order valence-electron chi connectivity index (χ1n) is 9.96. The van der Waals surface area contributed by atoms with Gasteiger partial charge in [0.2, 0.25) is 6.29 Å². The van der Waals surface area contributed by atoms with Gasteiger partial charge in [0.05, 0.1) is 0 Å². The van der Waals surface area contributed by atoms with Crippen LogP contribution in [0.3, 0.4) is 0 Å². The zero-order valence-corrected chi connectivity index (χ0v) is 20.3. The Morgan fingerprint density at radius 3 is 1.74 bits per heavy atom. The van der Waals surface area contributed by atoms with Gasteiger partial charge in [-0.05, 0) is 51.0 Å². The molecule has 1 aromatic carbocycles. The second-order valence-electron chi connectivity index (χ2n) is 7.29. The van der Waals surface area contributed by atoms with Crippen molar-refractivity contribution in [2.24, 2.45) is 0 Å². The lowest BCUT2D eigenvalue weighted by Crippen LogP contribution is -2.52. The van der Waals surface area contributed by atoms with Gasteiger partial charge < -0.3 is 18.7 Å². The van der Waals surface area contributed by atoms with Crippen molar-refractivity contribution in [3.05, 3.63) is 34.4 Å². The van der Waals surface area contributed by atoms with Crippen LogP contribution in [0.15, 0.2) is 12.1 Å². The maximum atomic E-state index is 5.91. The van der Waals surface area contributed by atoms with Crippen molar-refractivity contribution in [3.8, 4) is 0 Å². The van der Waals surface area contributed by atoms with Crippen molar-refractivity contribution < 1.29 is 18.7 Å². The van der Waals surface area contributed by atoms with E-state index in [0.717, 1.165) is 47.9 Å². The molecule has 1 aliphatic heterocycles. The minimum Gasteiger partial charge on any atom is -0.373 e. The van der Waals surface area contributed by atoms with Crippen molar-refractivity contribution in [3.63, 3.8) is 0 Å². The number of rotatable bonds is 12. The van der Waals surface area contributed by atoms with E-state index in [9.17, 15) is 0 Å². The van der Waals surface area contributed by atoms with Gasteiger partial charge in [0.15, 0.2) is 0 Å². The molecule has 0 amide bonds. The summed E-state index contributed by atoms with van der Waals surface area (Å²) in [5.74, 6) is 0. The number of alkyl halides is 2. The quantitative estimate of drug-likeness (QED) is 0.223. The normalized spacial score (nSPS) is 16.7. The number of hydrogen-bond acceptors (Lipinski definition) is 3. The molecule has 1 unspecified atom stereocenters.